The summed E-state index contributed by atoms with van der Waals surface area (Å²) < 4.78 is 6.55. The Kier molecular flexibility index (Phi) is 2.56. The van der Waals surface area contributed by atoms with Gasteiger partial charge < -0.3 is 15.8 Å². The number of pyridine rings is 1. The molecule has 6 heteroatoms. The second-order valence-corrected chi connectivity index (χ2v) is 5.44. The molecule has 17 heavy (non-hydrogen) atoms. The number of halogens is 1. The number of rotatable bonds is 1. The predicted octanol–water partition coefficient (Wildman–Crippen LogP) is 1.28. The molecule has 2 heterocycles. The van der Waals surface area contributed by atoms with E-state index in [9.17, 15) is 4.79 Å². The molecule has 3 N–H and O–H groups in total. The topological polar surface area (TPSA) is 77.2 Å². The van der Waals surface area contributed by atoms with Gasteiger partial charge in [0.25, 0.3) is 5.91 Å². The summed E-state index contributed by atoms with van der Waals surface area (Å²) in [5.41, 5.74) is 5.73. The molecule has 0 bridgehead atoms. The third-order valence-electron chi connectivity index (χ3n) is 3.21. The fourth-order valence-corrected chi connectivity index (χ4v) is 2.56. The Morgan fingerprint density at radius 2 is 2.29 bits per heavy atom. The van der Waals surface area contributed by atoms with Crippen LogP contribution in [0.4, 0.5) is 5.82 Å². The number of hydrogen-bond donors (Lipinski definition) is 2. The number of fused-ring (bicyclic) bond motifs is 1. The van der Waals surface area contributed by atoms with Crippen LogP contribution in [0.25, 0.3) is 0 Å². The lowest BCUT2D eigenvalue weighted by molar-refractivity contribution is -0.127. The molecule has 0 spiro atoms. The van der Waals surface area contributed by atoms with Crippen LogP contribution in [0.15, 0.2) is 16.7 Å². The van der Waals surface area contributed by atoms with E-state index in [4.69, 9.17) is 10.5 Å². The minimum absolute atomic E-state index is 0.121. The van der Waals surface area contributed by atoms with Gasteiger partial charge in [-0.3, -0.25) is 4.79 Å². The van der Waals surface area contributed by atoms with Gasteiger partial charge in [0.1, 0.15) is 0 Å². The minimum atomic E-state index is -0.432. The Bertz CT molecular complexity index is 474. The fourth-order valence-electron chi connectivity index (χ4n) is 2.25. The van der Waals surface area contributed by atoms with Crippen molar-refractivity contribution in [2.24, 2.45) is 11.7 Å². The number of nitrogens with two attached hydrogens (primary N) is 1. The molecule has 1 aliphatic carbocycles. The zero-order valence-electron chi connectivity index (χ0n) is 9.02. The van der Waals surface area contributed by atoms with Gasteiger partial charge in [0, 0.05) is 22.6 Å². The van der Waals surface area contributed by atoms with Crippen LogP contribution in [-0.2, 0) is 4.79 Å². The Morgan fingerprint density at radius 1 is 1.53 bits per heavy atom. The third kappa shape index (κ3) is 1.91. The number of carbonyl (C=O) groups is 1. The number of anilines is 1. The molecular formula is C11H12BrN3O2. The largest absolute Gasteiger partial charge is 0.476 e. The zero-order chi connectivity index (χ0) is 12.0. The average Bonchev–Trinajstić information content (AvgIpc) is 2.25. The van der Waals surface area contributed by atoms with Crippen LogP contribution in [0.3, 0.4) is 0 Å². The average molecular weight is 298 g/mol. The van der Waals surface area contributed by atoms with Gasteiger partial charge in [-0.25, -0.2) is 4.98 Å². The van der Waals surface area contributed by atoms with Gasteiger partial charge in [-0.15, -0.1) is 0 Å². The van der Waals surface area contributed by atoms with E-state index in [2.05, 4.69) is 26.2 Å². The van der Waals surface area contributed by atoms with Crippen molar-refractivity contribution in [3.63, 3.8) is 0 Å². The van der Waals surface area contributed by atoms with Gasteiger partial charge in [0.05, 0.1) is 0 Å². The second-order valence-electron chi connectivity index (χ2n) is 4.52. The van der Waals surface area contributed by atoms with Crippen molar-refractivity contribution in [3.8, 4) is 5.75 Å². The standard InChI is InChI=1S/C11H12BrN3O2/c12-6-3-8-10(14-4-6)15-11(16)9(17-8)5-1-7(13)2-5/h3-5,7,9H,1-2,13H2,(H,14,15,16). The number of carbonyl (C=O) groups excluding carboxylic acids is 1. The molecule has 1 aliphatic heterocycles. The first-order chi connectivity index (χ1) is 8.13. The van der Waals surface area contributed by atoms with Gasteiger partial charge in [-0.2, -0.15) is 0 Å². The molecule has 1 fully saturated rings. The first-order valence-corrected chi connectivity index (χ1v) is 6.31. The summed E-state index contributed by atoms with van der Waals surface area (Å²) in [7, 11) is 0. The first-order valence-electron chi connectivity index (χ1n) is 5.52. The number of amides is 1. The maximum atomic E-state index is 11.9. The van der Waals surface area contributed by atoms with Gasteiger partial charge >= 0.3 is 0 Å². The summed E-state index contributed by atoms with van der Waals surface area (Å²) in [6.07, 6.45) is 2.88. The molecule has 5 nitrogen and oxygen atoms in total. The van der Waals surface area contributed by atoms with Crippen molar-refractivity contribution in [2.45, 2.75) is 25.0 Å². The molecule has 1 aromatic rings. The molecule has 3 rings (SSSR count). The fraction of sp³-hybridized carbons (Fsp3) is 0.455. The molecule has 0 aromatic carbocycles. The Balaban J connectivity index is 1.84. The van der Waals surface area contributed by atoms with Gasteiger partial charge in [-0.05, 0) is 34.8 Å². The van der Waals surface area contributed by atoms with E-state index in [0.29, 0.717) is 11.6 Å². The highest BCUT2D eigenvalue weighted by Gasteiger charge is 2.41. The Labute approximate surface area is 107 Å². The van der Waals surface area contributed by atoms with Crippen molar-refractivity contribution in [2.75, 3.05) is 5.32 Å². The van der Waals surface area contributed by atoms with Crippen molar-refractivity contribution >= 4 is 27.7 Å². The molecule has 1 aromatic heterocycles. The van der Waals surface area contributed by atoms with Crippen LogP contribution in [0.2, 0.25) is 0 Å². The number of aromatic nitrogens is 1. The minimum Gasteiger partial charge on any atom is -0.476 e. The van der Waals surface area contributed by atoms with E-state index >= 15 is 0 Å². The molecule has 2 aliphatic rings. The Morgan fingerprint density at radius 3 is 3.00 bits per heavy atom. The summed E-state index contributed by atoms with van der Waals surface area (Å²) in [4.78, 5) is 15.9. The maximum absolute atomic E-state index is 11.9. The van der Waals surface area contributed by atoms with Crippen LogP contribution in [0.1, 0.15) is 12.8 Å². The summed E-state index contributed by atoms with van der Waals surface area (Å²) in [6.45, 7) is 0. The Hall–Kier alpha value is -1.14. The number of hydrogen-bond acceptors (Lipinski definition) is 4. The number of nitrogens with one attached hydrogen (secondary N) is 1. The highest BCUT2D eigenvalue weighted by Crippen LogP contribution is 2.37. The summed E-state index contributed by atoms with van der Waals surface area (Å²) >= 11 is 3.33. The molecule has 1 amide bonds. The second kappa shape index (κ2) is 3.96. The van der Waals surface area contributed by atoms with E-state index in [1.54, 1.807) is 6.20 Å². The van der Waals surface area contributed by atoms with Gasteiger partial charge in [-0.1, -0.05) is 0 Å². The lowest BCUT2D eigenvalue weighted by atomic mass is 9.76. The molecule has 1 atom stereocenters. The normalized spacial score (nSPS) is 30.9. The van der Waals surface area contributed by atoms with Crippen LogP contribution in [0.5, 0.6) is 5.75 Å². The quantitative estimate of drug-likeness (QED) is 0.819. The summed E-state index contributed by atoms with van der Waals surface area (Å²) in [5, 5.41) is 2.76. The van der Waals surface area contributed by atoms with Crippen LogP contribution in [0, 0.1) is 5.92 Å². The van der Waals surface area contributed by atoms with Gasteiger partial charge in [0.2, 0.25) is 0 Å². The molecule has 0 saturated heterocycles. The van der Waals surface area contributed by atoms with Crippen LogP contribution in [-0.4, -0.2) is 23.0 Å². The monoisotopic (exact) mass is 297 g/mol. The van der Waals surface area contributed by atoms with Gasteiger partial charge in [0.15, 0.2) is 17.7 Å². The van der Waals surface area contributed by atoms with Crippen molar-refractivity contribution in [3.05, 3.63) is 16.7 Å². The lowest BCUT2D eigenvalue weighted by Crippen LogP contribution is -2.51. The van der Waals surface area contributed by atoms with E-state index in [1.165, 1.54) is 0 Å². The van der Waals surface area contributed by atoms with E-state index in [-0.39, 0.29) is 17.9 Å². The maximum Gasteiger partial charge on any atom is 0.266 e. The summed E-state index contributed by atoms with van der Waals surface area (Å²) in [6, 6.07) is 2.02. The summed E-state index contributed by atoms with van der Waals surface area (Å²) in [5.74, 6) is 1.20. The molecule has 1 unspecified atom stereocenters. The molecular weight excluding hydrogens is 286 g/mol. The zero-order valence-corrected chi connectivity index (χ0v) is 10.6. The highest BCUT2D eigenvalue weighted by atomic mass is 79.9. The van der Waals surface area contributed by atoms with Crippen LogP contribution >= 0.6 is 15.9 Å². The van der Waals surface area contributed by atoms with E-state index in [1.807, 2.05) is 6.07 Å². The van der Waals surface area contributed by atoms with Crippen molar-refractivity contribution in [1.29, 1.82) is 0 Å². The first kappa shape index (κ1) is 11.0. The molecule has 1 saturated carbocycles. The predicted molar refractivity (Wildman–Crippen MR) is 65.7 cm³/mol. The lowest BCUT2D eigenvalue weighted by Gasteiger charge is -2.39. The number of ether oxygens (including phenoxy) is 1. The van der Waals surface area contributed by atoms with E-state index in [0.717, 1.165) is 17.3 Å². The molecule has 0 radical (unpaired) electrons. The van der Waals surface area contributed by atoms with Crippen LogP contribution < -0.4 is 15.8 Å². The molecule has 90 valence electrons. The smallest absolute Gasteiger partial charge is 0.266 e. The highest BCUT2D eigenvalue weighted by molar-refractivity contribution is 9.10. The van der Waals surface area contributed by atoms with Crippen molar-refractivity contribution < 1.29 is 9.53 Å². The third-order valence-corrected chi connectivity index (χ3v) is 3.65. The SMILES string of the molecule is NC1CC(C2Oc3cc(Br)cnc3NC2=O)C1. The van der Waals surface area contributed by atoms with Crippen molar-refractivity contribution in [1.82, 2.24) is 4.98 Å². The number of nitrogens with zero attached hydrogens (tertiary/aromatic N) is 1. The van der Waals surface area contributed by atoms with E-state index < -0.39 is 6.10 Å².